The van der Waals surface area contributed by atoms with Crippen molar-refractivity contribution in [1.82, 2.24) is 5.32 Å². The third kappa shape index (κ3) is 3.10. The smallest absolute Gasteiger partial charge is 0.308 e. The number of hydrogen-bond donors (Lipinski definition) is 2. The number of nitrogens with one attached hydrogen (secondary N) is 1. The average molecular weight is 311 g/mol. The van der Waals surface area contributed by atoms with E-state index in [0.29, 0.717) is 12.8 Å². The first-order valence-electron chi connectivity index (χ1n) is 7.33. The summed E-state index contributed by atoms with van der Waals surface area (Å²) >= 11 is 0. The van der Waals surface area contributed by atoms with Crippen molar-refractivity contribution in [2.24, 2.45) is 5.92 Å². The summed E-state index contributed by atoms with van der Waals surface area (Å²) in [6, 6.07) is 3.24. The van der Waals surface area contributed by atoms with Crippen LogP contribution in [0.1, 0.15) is 38.2 Å². The van der Waals surface area contributed by atoms with Crippen LogP contribution in [0.15, 0.2) is 18.2 Å². The average Bonchev–Trinajstić information content (AvgIpc) is 2.94. The highest BCUT2D eigenvalue weighted by Gasteiger charge is 2.44. The fourth-order valence-corrected chi connectivity index (χ4v) is 2.98. The Hall–Kier alpha value is -1.98. The van der Waals surface area contributed by atoms with E-state index in [1.807, 2.05) is 0 Å². The molecule has 22 heavy (non-hydrogen) atoms. The van der Waals surface area contributed by atoms with Gasteiger partial charge in [0.15, 0.2) is 0 Å². The molecule has 1 atom stereocenters. The van der Waals surface area contributed by atoms with Crippen LogP contribution >= 0.6 is 0 Å². The van der Waals surface area contributed by atoms with Crippen LogP contribution in [0.2, 0.25) is 0 Å². The van der Waals surface area contributed by atoms with Crippen LogP contribution in [0.4, 0.5) is 8.78 Å². The minimum Gasteiger partial charge on any atom is -0.481 e. The van der Waals surface area contributed by atoms with E-state index in [0.717, 1.165) is 25.0 Å². The lowest BCUT2D eigenvalue weighted by molar-refractivity contribution is -0.141. The fraction of sp³-hybridized carbons (Fsp3) is 0.500. The number of rotatable bonds is 5. The van der Waals surface area contributed by atoms with Crippen LogP contribution in [0, 0.1) is 17.6 Å². The molecule has 0 aromatic heterocycles. The quantitative estimate of drug-likeness (QED) is 0.878. The Morgan fingerprint density at radius 1 is 1.32 bits per heavy atom. The zero-order chi connectivity index (χ0) is 16.3. The molecule has 4 nitrogen and oxygen atoms in total. The highest BCUT2D eigenvalue weighted by Crippen LogP contribution is 2.42. The number of amides is 1. The van der Waals surface area contributed by atoms with E-state index in [-0.39, 0.29) is 18.0 Å². The van der Waals surface area contributed by atoms with Crippen molar-refractivity contribution >= 4 is 11.9 Å². The molecular formula is C16H19F2NO3. The van der Waals surface area contributed by atoms with Crippen LogP contribution < -0.4 is 5.32 Å². The van der Waals surface area contributed by atoms with Crippen molar-refractivity contribution in [3.8, 4) is 0 Å². The molecule has 120 valence electrons. The zero-order valence-corrected chi connectivity index (χ0v) is 12.4. The Kier molecular flexibility index (Phi) is 4.78. The van der Waals surface area contributed by atoms with E-state index in [1.165, 1.54) is 13.0 Å². The second-order valence-electron chi connectivity index (χ2n) is 5.86. The standard InChI is InChI=1S/C16H19F2NO3/c1-10(14(20)21)9-19-15(22)16(6-2-3-7-16)12-5-4-11(17)8-13(12)18/h4-5,8,10H,2-3,6-7,9H2,1H3,(H,19,22)(H,20,21). The maximum absolute atomic E-state index is 14.1. The summed E-state index contributed by atoms with van der Waals surface area (Å²) in [4.78, 5) is 23.4. The van der Waals surface area contributed by atoms with E-state index in [2.05, 4.69) is 5.32 Å². The third-order valence-electron chi connectivity index (χ3n) is 4.33. The Morgan fingerprint density at radius 2 is 1.95 bits per heavy atom. The molecule has 0 spiro atoms. The maximum Gasteiger partial charge on any atom is 0.308 e. The van der Waals surface area contributed by atoms with Crippen LogP contribution in [0.25, 0.3) is 0 Å². The number of carboxylic acid groups (broad SMARTS) is 1. The summed E-state index contributed by atoms with van der Waals surface area (Å²) < 4.78 is 27.2. The molecule has 6 heteroatoms. The molecule has 0 heterocycles. The van der Waals surface area contributed by atoms with Crippen molar-refractivity contribution < 1.29 is 23.5 Å². The van der Waals surface area contributed by atoms with Crippen molar-refractivity contribution in [2.45, 2.75) is 38.0 Å². The number of hydrogen-bond acceptors (Lipinski definition) is 2. The largest absolute Gasteiger partial charge is 0.481 e. The summed E-state index contributed by atoms with van der Waals surface area (Å²) in [7, 11) is 0. The van der Waals surface area contributed by atoms with Gasteiger partial charge in [-0.05, 0) is 18.9 Å². The minimum absolute atomic E-state index is 0.0151. The highest BCUT2D eigenvalue weighted by atomic mass is 19.1. The molecule has 2 rings (SSSR count). The molecule has 1 aliphatic rings. The van der Waals surface area contributed by atoms with E-state index < -0.39 is 28.9 Å². The van der Waals surface area contributed by atoms with Crippen molar-refractivity contribution in [3.63, 3.8) is 0 Å². The summed E-state index contributed by atoms with van der Waals surface area (Å²) in [6.07, 6.45) is 2.50. The lowest BCUT2D eigenvalue weighted by Crippen LogP contribution is -2.45. The summed E-state index contributed by atoms with van der Waals surface area (Å²) in [5, 5.41) is 11.5. The molecule has 1 aromatic rings. The first kappa shape index (κ1) is 16.4. The second kappa shape index (κ2) is 6.42. The lowest BCUT2D eigenvalue weighted by atomic mass is 9.77. The SMILES string of the molecule is CC(CNC(=O)C1(c2ccc(F)cc2F)CCCC1)C(=O)O. The van der Waals surface area contributed by atoms with Gasteiger partial charge in [-0.25, -0.2) is 8.78 Å². The third-order valence-corrected chi connectivity index (χ3v) is 4.33. The van der Waals surface area contributed by atoms with Gasteiger partial charge in [-0.3, -0.25) is 9.59 Å². The van der Waals surface area contributed by atoms with Crippen molar-refractivity contribution in [3.05, 3.63) is 35.4 Å². The number of halogens is 2. The molecule has 0 saturated heterocycles. The maximum atomic E-state index is 14.1. The van der Waals surface area contributed by atoms with Gasteiger partial charge in [-0.2, -0.15) is 0 Å². The second-order valence-corrected chi connectivity index (χ2v) is 5.86. The predicted molar refractivity (Wildman–Crippen MR) is 76.3 cm³/mol. The number of carbonyl (C=O) groups is 2. The van der Waals surface area contributed by atoms with Gasteiger partial charge in [0.1, 0.15) is 11.6 Å². The number of carboxylic acids is 1. The van der Waals surface area contributed by atoms with Gasteiger partial charge >= 0.3 is 5.97 Å². The number of carbonyl (C=O) groups excluding carboxylic acids is 1. The van der Waals surface area contributed by atoms with E-state index in [4.69, 9.17) is 5.11 Å². The molecule has 1 unspecified atom stereocenters. The Labute approximate surface area is 127 Å². The highest BCUT2D eigenvalue weighted by molar-refractivity contribution is 5.89. The van der Waals surface area contributed by atoms with Crippen LogP contribution in [-0.4, -0.2) is 23.5 Å². The van der Waals surface area contributed by atoms with Gasteiger partial charge in [-0.1, -0.05) is 25.8 Å². The molecule has 1 fully saturated rings. The molecule has 1 aromatic carbocycles. The molecule has 0 bridgehead atoms. The van der Waals surface area contributed by atoms with Gasteiger partial charge < -0.3 is 10.4 Å². The number of benzene rings is 1. The Bertz CT molecular complexity index is 583. The van der Waals surface area contributed by atoms with E-state index in [9.17, 15) is 18.4 Å². The molecule has 0 radical (unpaired) electrons. The van der Waals surface area contributed by atoms with Crippen molar-refractivity contribution in [1.29, 1.82) is 0 Å². The molecular weight excluding hydrogens is 292 g/mol. The van der Waals surface area contributed by atoms with Gasteiger partial charge in [0, 0.05) is 18.2 Å². The van der Waals surface area contributed by atoms with Gasteiger partial charge in [0.2, 0.25) is 5.91 Å². The predicted octanol–water partition coefficient (Wildman–Crippen LogP) is 2.61. The summed E-state index contributed by atoms with van der Waals surface area (Å²) in [6.45, 7) is 1.47. The normalized spacial score (nSPS) is 18.0. The summed E-state index contributed by atoms with van der Waals surface area (Å²) in [5.74, 6) is -3.53. The Balaban J connectivity index is 2.24. The van der Waals surface area contributed by atoms with Crippen LogP contribution in [0.5, 0.6) is 0 Å². The first-order valence-corrected chi connectivity index (χ1v) is 7.33. The fourth-order valence-electron chi connectivity index (χ4n) is 2.98. The van der Waals surface area contributed by atoms with E-state index >= 15 is 0 Å². The molecule has 0 aliphatic heterocycles. The van der Waals surface area contributed by atoms with Gasteiger partial charge in [0.05, 0.1) is 11.3 Å². The molecule has 1 saturated carbocycles. The van der Waals surface area contributed by atoms with Crippen LogP contribution in [0.3, 0.4) is 0 Å². The first-order chi connectivity index (χ1) is 10.4. The van der Waals surface area contributed by atoms with Gasteiger partial charge in [0.25, 0.3) is 0 Å². The summed E-state index contributed by atoms with van der Waals surface area (Å²) in [5.41, 5.74) is -0.845. The minimum atomic E-state index is -1.03. The molecule has 1 aliphatic carbocycles. The topological polar surface area (TPSA) is 66.4 Å². The van der Waals surface area contributed by atoms with E-state index in [1.54, 1.807) is 0 Å². The number of aliphatic carboxylic acids is 1. The van der Waals surface area contributed by atoms with Crippen molar-refractivity contribution in [2.75, 3.05) is 6.54 Å². The zero-order valence-electron chi connectivity index (χ0n) is 12.4. The molecule has 1 amide bonds. The molecule has 2 N–H and O–H groups in total. The Morgan fingerprint density at radius 3 is 2.50 bits per heavy atom. The monoisotopic (exact) mass is 311 g/mol. The van der Waals surface area contributed by atoms with Crippen LogP contribution in [-0.2, 0) is 15.0 Å². The lowest BCUT2D eigenvalue weighted by Gasteiger charge is -2.29. The van der Waals surface area contributed by atoms with Gasteiger partial charge in [-0.15, -0.1) is 0 Å².